The molecule has 24 heavy (non-hydrogen) atoms. The van der Waals surface area contributed by atoms with E-state index in [0.717, 1.165) is 37.9 Å². The second-order valence-electron chi connectivity index (χ2n) is 6.78. The molecule has 3 N–H and O–H groups in total. The minimum Gasteiger partial charge on any atom is -0.354 e. The molecule has 1 spiro atoms. The van der Waals surface area contributed by atoms with Crippen LogP contribution in [0.15, 0.2) is 24.3 Å². The summed E-state index contributed by atoms with van der Waals surface area (Å²) in [6, 6.07) is 7.47. The molecule has 3 rings (SSSR count). The Bertz CT molecular complexity index is 582. The van der Waals surface area contributed by atoms with Crippen molar-refractivity contribution < 1.29 is 9.59 Å². The number of hydrogen-bond donors (Lipinski definition) is 3. The Morgan fingerprint density at radius 3 is 2.42 bits per heavy atom. The largest absolute Gasteiger partial charge is 0.354 e. The third-order valence-corrected chi connectivity index (χ3v) is 5.13. The van der Waals surface area contributed by atoms with Gasteiger partial charge in [-0.05, 0) is 56.8 Å². The Morgan fingerprint density at radius 2 is 1.75 bits per heavy atom. The Kier molecular flexibility index (Phi) is 6.24. The monoisotopic (exact) mass is 351 g/mol. The first-order valence-corrected chi connectivity index (χ1v) is 8.44. The van der Waals surface area contributed by atoms with Gasteiger partial charge < -0.3 is 16.0 Å². The van der Waals surface area contributed by atoms with Crippen molar-refractivity contribution in [1.82, 2.24) is 16.0 Å². The standard InChI is InChI=1S/C18H25N3O2.ClH/c1-13-2-4-14(5-3-13)16(22)20-10-11-21-17(23)15-12-18(15)6-8-19-9-7-18;/h2-5,15,19H,6-12H2,1H3,(H,20,22)(H,21,23);1H. The topological polar surface area (TPSA) is 70.2 Å². The second kappa shape index (κ2) is 7.99. The number of aryl methyl sites for hydroxylation is 1. The van der Waals surface area contributed by atoms with Crippen molar-refractivity contribution in [2.75, 3.05) is 26.2 Å². The van der Waals surface area contributed by atoms with Gasteiger partial charge in [0, 0.05) is 24.6 Å². The molecule has 1 unspecified atom stereocenters. The van der Waals surface area contributed by atoms with Crippen molar-refractivity contribution in [2.24, 2.45) is 11.3 Å². The Labute approximate surface area is 149 Å². The smallest absolute Gasteiger partial charge is 0.251 e. The number of carbonyl (C=O) groups is 2. The van der Waals surface area contributed by atoms with Crippen molar-refractivity contribution in [3.8, 4) is 0 Å². The maximum atomic E-state index is 12.2. The Balaban J connectivity index is 0.00000208. The fourth-order valence-electron chi connectivity index (χ4n) is 3.49. The number of halogens is 1. The molecule has 2 amide bonds. The van der Waals surface area contributed by atoms with Crippen LogP contribution in [-0.2, 0) is 4.79 Å². The summed E-state index contributed by atoms with van der Waals surface area (Å²) >= 11 is 0. The van der Waals surface area contributed by atoms with Gasteiger partial charge in [-0.2, -0.15) is 0 Å². The highest BCUT2D eigenvalue weighted by Gasteiger charge is 2.57. The van der Waals surface area contributed by atoms with Crippen LogP contribution in [0.4, 0.5) is 0 Å². The Morgan fingerprint density at radius 1 is 1.12 bits per heavy atom. The van der Waals surface area contributed by atoms with Gasteiger partial charge in [-0.3, -0.25) is 9.59 Å². The molecule has 0 radical (unpaired) electrons. The summed E-state index contributed by atoms with van der Waals surface area (Å²) in [5.41, 5.74) is 2.04. The van der Waals surface area contributed by atoms with E-state index in [1.807, 2.05) is 31.2 Å². The van der Waals surface area contributed by atoms with E-state index >= 15 is 0 Å². The summed E-state index contributed by atoms with van der Waals surface area (Å²) in [6.07, 6.45) is 3.24. The maximum Gasteiger partial charge on any atom is 0.251 e. The minimum absolute atomic E-state index is 0. The number of carbonyl (C=O) groups excluding carboxylic acids is 2. The highest BCUT2D eigenvalue weighted by Crippen LogP contribution is 2.58. The molecule has 1 aliphatic heterocycles. The van der Waals surface area contributed by atoms with Crippen LogP contribution >= 0.6 is 12.4 Å². The minimum atomic E-state index is -0.0968. The molecule has 0 bridgehead atoms. The van der Waals surface area contributed by atoms with Crippen LogP contribution < -0.4 is 16.0 Å². The molecular formula is C18H26ClN3O2. The summed E-state index contributed by atoms with van der Waals surface area (Å²) in [4.78, 5) is 24.1. The zero-order valence-electron chi connectivity index (χ0n) is 14.1. The van der Waals surface area contributed by atoms with Gasteiger partial charge in [0.05, 0.1) is 0 Å². The molecule has 1 aromatic carbocycles. The predicted molar refractivity (Wildman–Crippen MR) is 96.4 cm³/mol. The number of piperidine rings is 1. The van der Waals surface area contributed by atoms with Gasteiger partial charge >= 0.3 is 0 Å². The van der Waals surface area contributed by atoms with Gasteiger partial charge in [-0.25, -0.2) is 0 Å². The lowest BCUT2D eigenvalue weighted by Gasteiger charge is -2.23. The fraction of sp³-hybridized carbons (Fsp3) is 0.556. The molecule has 1 saturated carbocycles. The van der Waals surface area contributed by atoms with Gasteiger partial charge in [-0.15, -0.1) is 12.4 Å². The zero-order valence-corrected chi connectivity index (χ0v) is 14.9. The molecule has 6 heteroatoms. The number of rotatable bonds is 5. The molecule has 2 fully saturated rings. The van der Waals surface area contributed by atoms with Gasteiger partial charge in [0.2, 0.25) is 5.91 Å². The van der Waals surface area contributed by atoms with E-state index in [4.69, 9.17) is 0 Å². The Hall–Kier alpha value is -1.59. The molecule has 1 atom stereocenters. The normalized spacial score (nSPS) is 20.8. The summed E-state index contributed by atoms with van der Waals surface area (Å²) in [6.45, 7) is 4.98. The van der Waals surface area contributed by atoms with E-state index in [1.54, 1.807) is 0 Å². The number of nitrogens with one attached hydrogen (secondary N) is 3. The van der Waals surface area contributed by atoms with Crippen LogP contribution in [-0.4, -0.2) is 38.0 Å². The molecule has 0 aromatic heterocycles. The van der Waals surface area contributed by atoms with Crippen LogP contribution in [0.25, 0.3) is 0 Å². The van der Waals surface area contributed by atoms with Gasteiger partial charge in [0.25, 0.3) is 5.91 Å². The van der Waals surface area contributed by atoms with Gasteiger partial charge in [0.1, 0.15) is 0 Å². The molecule has 1 aromatic rings. The number of benzene rings is 1. The molecule has 1 saturated heterocycles. The lowest BCUT2D eigenvalue weighted by atomic mass is 9.92. The van der Waals surface area contributed by atoms with Crippen molar-refractivity contribution in [3.05, 3.63) is 35.4 Å². The molecule has 1 heterocycles. The highest BCUT2D eigenvalue weighted by molar-refractivity contribution is 5.94. The van der Waals surface area contributed by atoms with Crippen molar-refractivity contribution in [2.45, 2.75) is 26.2 Å². The lowest BCUT2D eigenvalue weighted by Crippen LogP contribution is -2.37. The van der Waals surface area contributed by atoms with Gasteiger partial charge in [-0.1, -0.05) is 17.7 Å². The molecule has 1 aliphatic carbocycles. The van der Waals surface area contributed by atoms with Crippen molar-refractivity contribution >= 4 is 24.2 Å². The average molecular weight is 352 g/mol. The third-order valence-electron chi connectivity index (χ3n) is 5.13. The molecule has 2 aliphatic rings. The van der Waals surface area contributed by atoms with Crippen LogP contribution in [0.2, 0.25) is 0 Å². The van der Waals surface area contributed by atoms with E-state index in [1.165, 1.54) is 0 Å². The second-order valence-corrected chi connectivity index (χ2v) is 6.78. The van der Waals surface area contributed by atoms with Crippen LogP contribution in [0.3, 0.4) is 0 Å². The average Bonchev–Trinajstić information content (AvgIpc) is 3.25. The van der Waals surface area contributed by atoms with Crippen molar-refractivity contribution in [3.63, 3.8) is 0 Å². The van der Waals surface area contributed by atoms with E-state index in [-0.39, 0.29) is 35.6 Å². The molecule has 5 nitrogen and oxygen atoms in total. The summed E-state index contributed by atoms with van der Waals surface area (Å²) in [7, 11) is 0. The van der Waals surface area contributed by atoms with Crippen LogP contribution in [0, 0.1) is 18.3 Å². The summed E-state index contributed by atoms with van der Waals surface area (Å²) in [5, 5.41) is 9.14. The predicted octanol–water partition coefficient (Wildman–Crippen LogP) is 1.65. The zero-order chi connectivity index (χ0) is 16.3. The van der Waals surface area contributed by atoms with E-state index < -0.39 is 0 Å². The van der Waals surface area contributed by atoms with Crippen LogP contribution in [0.1, 0.15) is 35.2 Å². The SMILES string of the molecule is Cc1ccc(C(=O)NCCNC(=O)C2CC23CCNCC3)cc1.Cl. The fourth-order valence-corrected chi connectivity index (χ4v) is 3.49. The van der Waals surface area contributed by atoms with Crippen LogP contribution in [0.5, 0.6) is 0 Å². The first-order valence-electron chi connectivity index (χ1n) is 8.44. The molecular weight excluding hydrogens is 326 g/mol. The summed E-state index contributed by atoms with van der Waals surface area (Å²) in [5.74, 6) is 0.231. The third kappa shape index (κ3) is 4.28. The first kappa shape index (κ1) is 18.7. The van der Waals surface area contributed by atoms with E-state index in [9.17, 15) is 9.59 Å². The summed E-state index contributed by atoms with van der Waals surface area (Å²) < 4.78 is 0. The maximum absolute atomic E-state index is 12.2. The number of amides is 2. The quantitative estimate of drug-likeness (QED) is 0.706. The van der Waals surface area contributed by atoms with Crippen molar-refractivity contribution in [1.29, 1.82) is 0 Å². The van der Waals surface area contributed by atoms with E-state index in [0.29, 0.717) is 18.7 Å². The first-order chi connectivity index (χ1) is 11.1. The molecule has 132 valence electrons. The van der Waals surface area contributed by atoms with E-state index in [2.05, 4.69) is 16.0 Å². The van der Waals surface area contributed by atoms with Gasteiger partial charge in [0.15, 0.2) is 0 Å². The number of hydrogen-bond acceptors (Lipinski definition) is 3. The lowest BCUT2D eigenvalue weighted by molar-refractivity contribution is -0.123. The highest BCUT2D eigenvalue weighted by atomic mass is 35.5.